The second kappa shape index (κ2) is 7.58. The topological polar surface area (TPSA) is 93.5 Å². The van der Waals surface area contributed by atoms with Crippen molar-refractivity contribution in [2.45, 2.75) is 33.2 Å². The van der Waals surface area contributed by atoms with E-state index in [1.165, 1.54) is 7.05 Å². The summed E-state index contributed by atoms with van der Waals surface area (Å²) in [7, 11) is 1.36. The largest absolute Gasteiger partial charge is 0.373 e. The first kappa shape index (κ1) is 19.5. The lowest BCUT2D eigenvalue weighted by molar-refractivity contribution is -0.127. The van der Waals surface area contributed by atoms with E-state index in [9.17, 15) is 14.4 Å². The van der Waals surface area contributed by atoms with Crippen molar-refractivity contribution < 1.29 is 14.4 Å². The summed E-state index contributed by atoms with van der Waals surface area (Å²) in [5.41, 5.74) is 2.05. The molecule has 26 heavy (non-hydrogen) atoms. The van der Waals surface area contributed by atoms with E-state index in [1.807, 2.05) is 0 Å². The molecule has 0 bridgehead atoms. The van der Waals surface area contributed by atoms with Gasteiger partial charge in [0.05, 0.1) is 22.8 Å². The molecule has 1 fully saturated rings. The van der Waals surface area contributed by atoms with Crippen LogP contribution >= 0.6 is 11.6 Å². The highest BCUT2D eigenvalue weighted by atomic mass is 35.5. The van der Waals surface area contributed by atoms with Gasteiger partial charge in [0.25, 0.3) is 11.8 Å². The average Bonchev–Trinajstić information content (AvgIpc) is 2.90. The summed E-state index contributed by atoms with van der Waals surface area (Å²) in [6.07, 6.45) is 1.80. The number of amides is 3. The molecule has 2 rings (SSSR count). The first-order valence-electron chi connectivity index (χ1n) is 7.94. The maximum atomic E-state index is 12.5. The number of carbonyl (C=O) groups is 3. The van der Waals surface area contributed by atoms with Gasteiger partial charge in [-0.3, -0.25) is 19.3 Å². The molecular formula is C18H19ClN4O3. The van der Waals surface area contributed by atoms with E-state index in [1.54, 1.807) is 45.2 Å². The summed E-state index contributed by atoms with van der Waals surface area (Å²) in [5, 5.41) is 12.1. The first-order chi connectivity index (χ1) is 12.2. The lowest BCUT2D eigenvalue weighted by atomic mass is 10.1. The molecule has 1 aliphatic heterocycles. The molecule has 1 aliphatic rings. The van der Waals surface area contributed by atoms with Gasteiger partial charge in [-0.1, -0.05) is 17.2 Å². The van der Waals surface area contributed by atoms with Crippen LogP contribution in [-0.2, 0) is 14.4 Å². The maximum Gasteiger partial charge on any atom is 0.261 e. The number of hydrogen-bond acceptors (Lipinski definition) is 5. The SMILES string of the molecule is CC(C)=C1CC(=O)N(c2ccc(Cl)c(NC(C)C(=O)N(C)C#N)c2)C1=O. The lowest BCUT2D eigenvalue weighted by Gasteiger charge is -2.20. The molecule has 1 atom stereocenters. The Balaban J connectivity index is 2.32. The van der Waals surface area contributed by atoms with E-state index in [-0.39, 0.29) is 18.2 Å². The fourth-order valence-corrected chi connectivity index (χ4v) is 2.78. The van der Waals surface area contributed by atoms with E-state index >= 15 is 0 Å². The molecule has 0 radical (unpaired) electrons. The second-order valence-corrected chi connectivity index (χ2v) is 6.62. The predicted molar refractivity (Wildman–Crippen MR) is 98.4 cm³/mol. The van der Waals surface area contributed by atoms with Crippen LogP contribution in [0.3, 0.4) is 0 Å². The quantitative estimate of drug-likeness (QED) is 0.378. The van der Waals surface area contributed by atoms with Crippen molar-refractivity contribution in [3.63, 3.8) is 0 Å². The molecule has 3 amide bonds. The number of nitriles is 1. The highest BCUT2D eigenvalue weighted by molar-refractivity contribution is 6.34. The number of anilines is 2. The van der Waals surface area contributed by atoms with Crippen LogP contribution in [0.2, 0.25) is 5.02 Å². The Hall–Kier alpha value is -2.85. The van der Waals surface area contributed by atoms with Gasteiger partial charge in [-0.2, -0.15) is 5.26 Å². The van der Waals surface area contributed by atoms with Crippen molar-refractivity contribution in [2.24, 2.45) is 0 Å². The van der Waals surface area contributed by atoms with Crippen LogP contribution in [0.15, 0.2) is 29.3 Å². The minimum absolute atomic E-state index is 0.0639. The average molecular weight is 375 g/mol. The number of benzene rings is 1. The monoisotopic (exact) mass is 374 g/mol. The van der Waals surface area contributed by atoms with Gasteiger partial charge in [0.1, 0.15) is 6.04 Å². The third kappa shape index (κ3) is 3.70. The fraction of sp³-hybridized carbons (Fsp3) is 0.333. The van der Waals surface area contributed by atoms with Crippen LogP contribution in [-0.4, -0.2) is 35.7 Å². The summed E-state index contributed by atoms with van der Waals surface area (Å²) in [5.74, 6) is -1.10. The smallest absolute Gasteiger partial charge is 0.261 e. The van der Waals surface area contributed by atoms with Crippen molar-refractivity contribution in [2.75, 3.05) is 17.3 Å². The molecule has 1 saturated heterocycles. The van der Waals surface area contributed by atoms with Gasteiger partial charge in [0.15, 0.2) is 6.19 Å². The summed E-state index contributed by atoms with van der Waals surface area (Å²) < 4.78 is 0. The molecule has 8 heteroatoms. The molecule has 0 aromatic heterocycles. The molecule has 1 N–H and O–H groups in total. The Bertz CT molecular complexity index is 852. The number of nitrogens with zero attached hydrogens (tertiary/aromatic N) is 3. The van der Waals surface area contributed by atoms with Gasteiger partial charge >= 0.3 is 0 Å². The molecular weight excluding hydrogens is 356 g/mol. The van der Waals surface area contributed by atoms with E-state index in [0.29, 0.717) is 22.0 Å². The van der Waals surface area contributed by atoms with Crippen LogP contribution < -0.4 is 10.2 Å². The number of carbonyl (C=O) groups excluding carboxylic acids is 3. The molecule has 0 aliphatic carbocycles. The van der Waals surface area contributed by atoms with E-state index in [2.05, 4.69) is 5.32 Å². The molecule has 1 unspecified atom stereocenters. The third-order valence-electron chi connectivity index (χ3n) is 4.07. The molecule has 7 nitrogen and oxygen atoms in total. The zero-order valence-electron chi connectivity index (χ0n) is 15.0. The number of nitrogens with one attached hydrogen (secondary N) is 1. The lowest BCUT2D eigenvalue weighted by Crippen LogP contribution is -2.36. The van der Waals surface area contributed by atoms with Gasteiger partial charge in [-0.05, 0) is 39.0 Å². The number of rotatable bonds is 4. The van der Waals surface area contributed by atoms with Gasteiger partial charge in [0.2, 0.25) is 5.91 Å². The minimum Gasteiger partial charge on any atom is -0.373 e. The minimum atomic E-state index is -0.717. The van der Waals surface area contributed by atoms with Crippen molar-refractivity contribution in [1.82, 2.24) is 4.90 Å². The van der Waals surface area contributed by atoms with Gasteiger partial charge in [-0.25, -0.2) is 4.90 Å². The normalized spacial score (nSPS) is 14.9. The van der Waals surface area contributed by atoms with E-state index < -0.39 is 11.9 Å². The molecule has 1 aromatic rings. The number of likely N-dealkylation sites (N-methyl/N-ethyl adjacent to an activating group) is 1. The predicted octanol–water partition coefficient (Wildman–Crippen LogP) is 2.68. The van der Waals surface area contributed by atoms with Crippen LogP contribution in [0.1, 0.15) is 27.2 Å². The van der Waals surface area contributed by atoms with Crippen LogP contribution in [0.5, 0.6) is 0 Å². The molecule has 1 heterocycles. The molecule has 136 valence electrons. The van der Waals surface area contributed by atoms with Gasteiger partial charge in [0, 0.05) is 12.6 Å². The van der Waals surface area contributed by atoms with E-state index in [0.717, 1.165) is 15.4 Å². The highest BCUT2D eigenvalue weighted by Gasteiger charge is 2.35. The van der Waals surface area contributed by atoms with Gasteiger partial charge < -0.3 is 5.32 Å². The Morgan fingerprint density at radius 3 is 2.58 bits per heavy atom. The first-order valence-corrected chi connectivity index (χ1v) is 8.32. The summed E-state index contributed by atoms with van der Waals surface area (Å²) in [4.78, 5) is 38.8. The maximum absolute atomic E-state index is 12.5. The number of hydrogen-bond donors (Lipinski definition) is 1. The van der Waals surface area contributed by atoms with Crippen molar-refractivity contribution in [3.05, 3.63) is 34.4 Å². The molecule has 0 spiro atoms. The second-order valence-electron chi connectivity index (χ2n) is 6.22. The number of imide groups is 1. The molecule has 0 saturated carbocycles. The fourth-order valence-electron chi connectivity index (χ4n) is 2.60. The summed E-state index contributed by atoms with van der Waals surface area (Å²) in [6.45, 7) is 5.17. The third-order valence-corrected chi connectivity index (χ3v) is 4.40. The van der Waals surface area contributed by atoms with Crippen molar-refractivity contribution in [3.8, 4) is 6.19 Å². The molecule has 1 aromatic carbocycles. The number of allylic oxidation sites excluding steroid dienone is 1. The number of halogens is 1. The Morgan fingerprint density at radius 1 is 1.38 bits per heavy atom. The summed E-state index contributed by atoms with van der Waals surface area (Å²) in [6, 6.07) is 3.95. The van der Waals surface area contributed by atoms with Crippen LogP contribution in [0.4, 0.5) is 11.4 Å². The zero-order chi connectivity index (χ0) is 19.6. The summed E-state index contributed by atoms with van der Waals surface area (Å²) >= 11 is 6.17. The van der Waals surface area contributed by atoms with Crippen LogP contribution in [0.25, 0.3) is 0 Å². The Kier molecular flexibility index (Phi) is 5.68. The van der Waals surface area contributed by atoms with Crippen LogP contribution in [0, 0.1) is 11.5 Å². The van der Waals surface area contributed by atoms with Gasteiger partial charge in [-0.15, -0.1) is 0 Å². The Labute approximate surface area is 156 Å². The van der Waals surface area contributed by atoms with Crippen molar-refractivity contribution >= 4 is 40.7 Å². The zero-order valence-corrected chi connectivity index (χ0v) is 15.7. The van der Waals surface area contributed by atoms with E-state index in [4.69, 9.17) is 16.9 Å². The standard InChI is InChI=1S/C18H19ClN4O3/c1-10(2)13-8-16(24)23(18(13)26)12-5-6-14(19)15(7-12)21-11(3)17(25)22(4)9-20/h5-7,11,21H,8H2,1-4H3. The Morgan fingerprint density at radius 2 is 2.04 bits per heavy atom. The highest BCUT2D eigenvalue weighted by Crippen LogP contribution is 2.33. The van der Waals surface area contributed by atoms with Crippen molar-refractivity contribution in [1.29, 1.82) is 5.26 Å².